The molecule has 2 aliphatic rings. The molecule has 0 radical (unpaired) electrons. The van der Waals surface area contributed by atoms with Gasteiger partial charge in [0.05, 0.1) is 5.92 Å². The van der Waals surface area contributed by atoms with Crippen molar-refractivity contribution in [3.05, 3.63) is 24.3 Å². The van der Waals surface area contributed by atoms with Gasteiger partial charge in [-0.2, -0.15) is 0 Å². The van der Waals surface area contributed by atoms with Crippen molar-refractivity contribution in [3.8, 4) is 0 Å². The number of hydrogen-bond acceptors (Lipinski definition) is 4. The summed E-state index contributed by atoms with van der Waals surface area (Å²) in [5.41, 5.74) is 1.04. The summed E-state index contributed by atoms with van der Waals surface area (Å²) >= 11 is 1.67. The van der Waals surface area contributed by atoms with E-state index in [0.29, 0.717) is 19.5 Å². The van der Waals surface area contributed by atoms with Crippen LogP contribution in [-0.4, -0.2) is 44.2 Å². The average molecular weight is 362 g/mol. The van der Waals surface area contributed by atoms with Crippen molar-refractivity contribution in [2.24, 2.45) is 11.3 Å². The van der Waals surface area contributed by atoms with Crippen LogP contribution in [0.3, 0.4) is 0 Å². The molecule has 1 aromatic rings. The number of benzene rings is 1. The summed E-state index contributed by atoms with van der Waals surface area (Å²) in [7, 11) is 0. The molecule has 2 amide bonds. The van der Waals surface area contributed by atoms with Crippen LogP contribution in [0.15, 0.2) is 29.2 Å². The van der Waals surface area contributed by atoms with E-state index in [2.05, 4.69) is 17.6 Å². The average Bonchev–Trinajstić information content (AvgIpc) is 3.02. The lowest BCUT2D eigenvalue weighted by Gasteiger charge is -2.34. The normalized spacial score (nSPS) is 22.9. The Morgan fingerprint density at radius 3 is 2.64 bits per heavy atom. The molecular weight excluding hydrogens is 334 g/mol. The van der Waals surface area contributed by atoms with E-state index in [1.54, 1.807) is 16.7 Å². The van der Waals surface area contributed by atoms with Gasteiger partial charge < -0.3 is 15.5 Å². The largest absolute Gasteiger partial charge is 0.355 e. The zero-order valence-corrected chi connectivity index (χ0v) is 15.8. The minimum Gasteiger partial charge on any atom is -0.355 e. The highest BCUT2D eigenvalue weighted by Crippen LogP contribution is 2.29. The highest BCUT2D eigenvalue weighted by atomic mass is 32.2. The number of hydrogen-bond donors (Lipinski definition) is 2. The molecule has 1 aromatic carbocycles. The second-order valence-electron chi connectivity index (χ2n) is 7.38. The Hall–Kier alpha value is -1.53. The number of carbonyl (C=O) groups excluding carboxylic acids is 2. The van der Waals surface area contributed by atoms with Gasteiger partial charge in [-0.15, -0.1) is 11.8 Å². The van der Waals surface area contributed by atoms with E-state index in [9.17, 15) is 9.59 Å². The van der Waals surface area contributed by atoms with Gasteiger partial charge in [-0.3, -0.25) is 9.59 Å². The van der Waals surface area contributed by atoms with Gasteiger partial charge in [-0.1, -0.05) is 6.92 Å². The zero-order valence-electron chi connectivity index (χ0n) is 15.0. The van der Waals surface area contributed by atoms with Crippen molar-refractivity contribution in [1.29, 1.82) is 0 Å². The van der Waals surface area contributed by atoms with E-state index in [1.165, 1.54) is 4.90 Å². The minimum absolute atomic E-state index is 0.0105. The van der Waals surface area contributed by atoms with Gasteiger partial charge in [0.1, 0.15) is 0 Å². The maximum Gasteiger partial charge on any atom is 0.227 e. The first-order chi connectivity index (χ1) is 12.0. The second-order valence-corrected chi connectivity index (χ2v) is 8.26. The summed E-state index contributed by atoms with van der Waals surface area (Å²) in [6.45, 7) is 5.41. The Kier molecular flexibility index (Phi) is 5.69. The van der Waals surface area contributed by atoms with Crippen LogP contribution < -0.4 is 15.5 Å². The number of carbonyl (C=O) groups is 2. The Balaban J connectivity index is 1.56. The van der Waals surface area contributed by atoms with Crippen LogP contribution in [0.2, 0.25) is 0 Å². The van der Waals surface area contributed by atoms with Crippen LogP contribution in [0.1, 0.15) is 26.2 Å². The van der Waals surface area contributed by atoms with Crippen molar-refractivity contribution in [1.82, 2.24) is 10.6 Å². The number of nitrogens with one attached hydrogen (secondary N) is 2. The second kappa shape index (κ2) is 7.79. The maximum absolute atomic E-state index is 12.5. The maximum atomic E-state index is 12.5. The SMILES string of the molecule is CSc1ccc(N2CC(C(=O)NCC3(C)CCNCC3)CC2=O)cc1. The van der Waals surface area contributed by atoms with Crippen molar-refractivity contribution < 1.29 is 9.59 Å². The Morgan fingerprint density at radius 1 is 1.32 bits per heavy atom. The van der Waals surface area contributed by atoms with Gasteiger partial charge >= 0.3 is 0 Å². The standard InChI is InChI=1S/C19H27N3O2S/c1-19(7-9-20-10-8-19)13-21-18(24)14-11-17(23)22(12-14)15-3-5-16(25-2)6-4-15/h3-6,14,20H,7-13H2,1-2H3,(H,21,24). The molecule has 3 rings (SSSR count). The molecule has 0 spiro atoms. The molecule has 25 heavy (non-hydrogen) atoms. The molecule has 0 aromatic heterocycles. The van der Waals surface area contributed by atoms with E-state index in [1.807, 2.05) is 30.5 Å². The first-order valence-electron chi connectivity index (χ1n) is 8.94. The van der Waals surface area contributed by atoms with Crippen molar-refractivity contribution in [2.75, 3.05) is 37.3 Å². The quantitative estimate of drug-likeness (QED) is 0.790. The lowest BCUT2D eigenvalue weighted by Crippen LogP contribution is -2.44. The Labute approximate surface area is 153 Å². The molecule has 0 bridgehead atoms. The van der Waals surface area contributed by atoms with Gasteiger partial charge in [0.2, 0.25) is 11.8 Å². The van der Waals surface area contributed by atoms with Crippen molar-refractivity contribution in [3.63, 3.8) is 0 Å². The van der Waals surface area contributed by atoms with Crippen LogP contribution in [-0.2, 0) is 9.59 Å². The van der Waals surface area contributed by atoms with Gasteiger partial charge in [0.25, 0.3) is 0 Å². The molecular formula is C19H27N3O2S. The van der Waals surface area contributed by atoms with Gasteiger partial charge in [-0.05, 0) is 61.9 Å². The number of piperidine rings is 1. The fraction of sp³-hybridized carbons (Fsp3) is 0.579. The molecule has 2 fully saturated rings. The van der Waals surface area contributed by atoms with E-state index in [4.69, 9.17) is 0 Å². The Morgan fingerprint density at radius 2 is 2.00 bits per heavy atom. The third-order valence-corrected chi connectivity index (χ3v) is 6.12. The summed E-state index contributed by atoms with van der Waals surface area (Å²) in [6.07, 6.45) is 4.48. The lowest BCUT2D eigenvalue weighted by molar-refractivity contribution is -0.126. The van der Waals surface area contributed by atoms with Crippen LogP contribution >= 0.6 is 11.8 Å². The molecule has 136 valence electrons. The van der Waals surface area contributed by atoms with Crippen LogP contribution in [0.25, 0.3) is 0 Å². The molecule has 6 heteroatoms. The van der Waals surface area contributed by atoms with Crippen LogP contribution in [0.5, 0.6) is 0 Å². The highest BCUT2D eigenvalue weighted by Gasteiger charge is 2.36. The molecule has 2 heterocycles. The van der Waals surface area contributed by atoms with Gasteiger partial charge in [0.15, 0.2) is 0 Å². The third-order valence-electron chi connectivity index (χ3n) is 5.38. The molecule has 2 aliphatic heterocycles. The van der Waals surface area contributed by atoms with Gasteiger partial charge in [-0.25, -0.2) is 0 Å². The van der Waals surface area contributed by atoms with E-state index in [0.717, 1.165) is 31.6 Å². The monoisotopic (exact) mass is 361 g/mol. The summed E-state index contributed by atoms with van der Waals surface area (Å²) in [5, 5.41) is 6.45. The fourth-order valence-electron chi connectivity index (χ4n) is 3.55. The van der Waals surface area contributed by atoms with E-state index >= 15 is 0 Å². The first kappa shape index (κ1) is 18.3. The van der Waals surface area contributed by atoms with Crippen molar-refractivity contribution >= 4 is 29.3 Å². The number of amides is 2. The smallest absolute Gasteiger partial charge is 0.227 e. The minimum atomic E-state index is -0.252. The molecule has 0 aliphatic carbocycles. The van der Waals surface area contributed by atoms with Gasteiger partial charge in [0, 0.05) is 30.1 Å². The number of anilines is 1. The molecule has 2 saturated heterocycles. The summed E-state index contributed by atoms with van der Waals surface area (Å²) in [5.74, 6) is -0.209. The molecule has 1 atom stereocenters. The topological polar surface area (TPSA) is 61.4 Å². The molecule has 5 nitrogen and oxygen atoms in total. The molecule has 2 N–H and O–H groups in total. The lowest BCUT2D eigenvalue weighted by atomic mass is 9.81. The summed E-state index contributed by atoms with van der Waals surface area (Å²) in [4.78, 5) is 27.8. The molecule has 0 saturated carbocycles. The third kappa shape index (κ3) is 4.36. The van der Waals surface area contributed by atoms with E-state index < -0.39 is 0 Å². The fourth-order valence-corrected chi connectivity index (χ4v) is 3.96. The number of nitrogens with zero attached hydrogens (tertiary/aromatic N) is 1. The highest BCUT2D eigenvalue weighted by molar-refractivity contribution is 7.98. The summed E-state index contributed by atoms with van der Waals surface area (Å²) < 4.78 is 0. The van der Waals surface area contributed by atoms with Crippen molar-refractivity contribution in [2.45, 2.75) is 31.1 Å². The Bertz CT molecular complexity index is 626. The predicted octanol–water partition coefficient (Wildman–Crippen LogP) is 2.27. The van der Waals surface area contributed by atoms with E-state index in [-0.39, 0.29) is 23.1 Å². The zero-order chi connectivity index (χ0) is 17.9. The summed E-state index contributed by atoms with van der Waals surface area (Å²) in [6, 6.07) is 7.94. The number of rotatable bonds is 5. The number of thioether (sulfide) groups is 1. The van der Waals surface area contributed by atoms with Crippen LogP contribution in [0.4, 0.5) is 5.69 Å². The molecule has 1 unspecified atom stereocenters. The van der Waals surface area contributed by atoms with Crippen LogP contribution in [0, 0.1) is 11.3 Å². The predicted molar refractivity (Wildman–Crippen MR) is 102 cm³/mol. The first-order valence-corrected chi connectivity index (χ1v) is 10.2.